The lowest BCUT2D eigenvalue weighted by Crippen LogP contribution is -2.40. The van der Waals surface area contributed by atoms with Crippen LogP contribution in [0.2, 0.25) is 0 Å². The molecular weight excluding hydrogens is 222 g/mol. The van der Waals surface area contributed by atoms with Crippen molar-refractivity contribution in [3.05, 3.63) is 21.9 Å². The highest BCUT2D eigenvalue weighted by Gasteiger charge is 2.10. The first-order valence-corrected chi connectivity index (χ1v) is 6.49. The molecule has 0 spiro atoms. The Balaban J connectivity index is 1.81. The molecule has 1 fully saturated rings. The van der Waals surface area contributed by atoms with Gasteiger partial charge < -0.3 is 5.73 Å². The number of hydrogen-bond donors (Lipinski definition) is 2. The van der Waals surface area contributed by atoms with Crippen molar-refractivity contribution in [1.29, 1.82) is 0 Å². The average molecular weight is 239 g/mol. The number of amides is 1. The lowest BCUT2D eigenvalue weighted by atomic mass is 10.2. The fourth-order valence-corrected chi connectivity index (χ4v) is 2.65. The minimum absolute atomic E-state index is 0.347. The van der Waals surface area contributed by atoms with Gasteiger partial charge in [-0.3, -0.25) is 4.79 Å². The number of nitrogens with one attached hydrogen (secondary N) is 1. The van der Waals surface area contributed by atoms with Gasteiger partial charge in [-0.2, -0.15) is 0 Å². The summed E-state index contributed by atoms with van der Waals surface area (Å²) in [5.74, 6) is -0.347. The molecule has 16 heavy (non-hydrogen) atoms. The first-order valence-electron chi connectivity index (χ1n) is 5.61. The second-order valence-corrected chi connectivity index (χ2v) is 5.04. The summed E-state index contributed by atoms with van der Waals surface area (Å²) in [6.45, 7) is 3.03. The predicted molar refractivity (Wildman–Crippen MR) is 65.1 cm³/mol. The summed E-state index contributed by atoms with van der Waals surface area (Å²) in [6, 6.07) is 1.87. The number of thiophene rings is 1. The molecule has 0 bridgehead atoms. The molecule has 1 aliphatic heterocycles. The highest BCUT2D eigenvalue weighted by atomic mass is 32.1. The number of primary amides is 1. The Bertz CT molecular complexity index is 358. The van der Waals surface area contributed by atoms with Gasteiger partial charge in [0.05, 0.1) is 5.56 Å². The standard InChI is InChI=1S/C11H17N3OS/c12-11(15)9-6-10(16-8-9)7-13-14-4-2-1-3-5-14/h6,8,13H,1-5,7H2,(H2,12,15). The normalized spacial score (nSPS) is 17.5. The summed E-state index contributed by atoms with van der Waals surface area (Å²) in [5.41, 5.74) is 9.20. The molecule has 0 unspecified atom stereocenters. The predicted octanol–water partition coefficient (Wildman–Crippen LogP) is 1.34. The van der Waals surface area contributed by atoms with Crippen LogP contribution in [-0.4, -0.2) is 24.0 Å². The van der Waals surface area contributed by atoms with Crippen LogP contribution in [0.4, 0.5) is 0 Å². The summed E-state index contributed by atoms with van der Waals surface area (Å²) in [7, 11) is 0. The molecular formula is C11H17N3OS. The number of carbonyl (C=O) groups is 1. The molecule has 1 aromatic heterocycles. The Hall–Kier alpha value is -0.910. The van der Waals surface area contributed by atoms with Crippen molar-refractivity contribution >= 4 is 17.2 Å². The van der Waals surface area contributed by atoms with Crippen molar-refractivity contribution in [2.75, 3.05) is 13.1 Å². The van der Waals surface area contributed by atoms with Gasteiger partial charge in [0.15, 0.2) is 0 Å². The molecule has 1 aliphatic rings. The van der Waals surface area contributed by atoms with Crippen LogP contribution in [0, 0.1) is 0 Å². The van der Waals surface area contributed by atoms with E-state index in [0.29, 0.717) is 5.56 Å². The van der Waals surface area contributed by atoms with Gasteiger partial charge in [0.1, 0.15) is 0 Å². The van der Waals surface area contributed by atoms with Gasteiger partial charge >= 0.3 is 0 Å². The van der Waals surface area contributed by atoms with E-state index in [1.165, 1.54) is 19.3 Å². The molecule has 1 saturated heterocycles. The van der Waals surface area contributed by atoms with E-state index < -0.39 is 0 Å². The van der Waals surface area contributed by atoms with Gasteiger partial charge in [-0.05, 0) is 18.9 Å². The van der Waals surface area contributed by atoms with Crippen molar-refractivity contribution in [3.8, 4) is 0 Å². The Morgan fingerprint density at radius 1 is 1.44 bits per heavy atom. The molecule has 1 aromatic rings. The van der Waals surface area contributed by atoms with E-state index in [0.717, 1.165) is 24.5 Å². The van der Waals surface area contributed by atoms with E-state index in [-0.39, 0.29) is 5.91 Å². The molecule has 2 heterocycles. The molecule has 88 valence electrons. The van der Waals surface area contributed by atoms with Gasteiger partial charge in [-0.25, -0.2) is 10.4 Å². The van der Waals surface area contributed by atoms with Crippen LogP contribution in [0.1, 0.15) is 34.5 Å². The van der Waals surface area contributed by atoms with Crippen LogP contribution in [-0.2, 0) is 6.54 Å². The molecule has 4 nitrogen and oxygen atoms in total. The Kier molecular flexibility index (Phi) is 3.93. The van der Waals surface area contributed by atoms with Crippen molar-refractivity contribution in [2.45, 2.75) is 25.8 Å². The zero-order valence-corrected chi connectivity index (χ0v) is 10.1. The highest BCUT2D eigenvalue weighted by Crippen LogP contribution is 2.14. The Labute approximate surface area is 99.4 Å². The topological polar surface area (TPSA) is 58.4 Å². The molecule has 5 heteroatoms. The minimum atomic E-state index is -0.347. The number of hydrazine groups is 1. The molecule has 0 aliphatic carbocycles. The first kappa shape index (κ1) is 11.6. The molecule has 0 atom stereocenters. The molecule has 0 saturated carbocycles. The van der Waals surface area contributed by atoms with Gasteiger partial charge in [0.25, 0.3) is 0 Å². The largest absolute Gasteiger partial charge is 0.366 e. The third kappa shape index (κ3) is 3.04. The maximum Gasteiger partial charge on any atom is 0.249 e. The Morgan fingerprint density at radius 2 is 2.19 bits per heavy atom. The molecule has 3 N–H and O–H groups in total. The maximum absolute atomic E-state index is 10.9. The number of nitrogens with two attached hydrogens (primary N) is 1. The van der Waals surface area contributed by atoms with Crippen LogP contribution in [0.15, 0.2) is 11.4 Å². The van der Waals surface area contributed by atoms with Crippen molar-refractivity contribution in [1.82, 2.24) is 10.4 Å². The number of rotatable bonds is 4. The fraction of sp³-hybridized carbons (Fsp3) is 0.545. The smallest absolute Gasteiger partial charge is 0.249 e. The second-order valence-electron chi connectivity index (χ2n) is 4.05. The summed E-state index contributed by atoms with van der Waals surface area (Å²) < 4.78 is 0. The lowest BCUT2D eigenvalue weighted by molar-refractivity contribution is 0.100. The van der Waals surface area contributed by atoms with Crippen molar-refractivity contribution in [3.63, 3.8) is 0 Å². The van der Waals surface area contributed by atoms with Gasteiger partial charge in [0.2, 0.25) is 5.91 Å². The van der Waals surface area contributed by atoms with Gasteiger partial charge in [-0.1, -0.05) is 6.42 Å². The molecule has 0 radical (unpaired) electrons. The fourth-order valence-electron chi connectivity index (χ4n) is 1.84. The lowest BCUT2D eigenvalue weighted by Gasteiger charge is -2.26. The molecule has 2 rings (SSSR count). The summed E-state index contributed by atoms with van der Waals surface area (Å²) in [5, 5.41) is 4.07. The van der Waals surface area contributed by atoms with Crippen LogP contribution < -0.4 is 11.2 Å². The number of carbonyl (C=O) groups excluding carboxylic acids is 1. The van der Waals surface area contributed by atoms with Crippen LogP contribution in [0.5, 0.6) is 0 Å². The van der Waals surface area contributed by atoms with Crippen molar-refractivity contribution in [2.24, 2.45) is 5.73 Å². The van der Waals surface area contributed by atoms with E-state index in [9.17, 15) is 4.79 Å². The van der Waals surface area contributed by atoms with E-state index in [2.05, 4.69) is 10.4 Å². The third-order valence-corrected chi connectivity index (χ3v) is 3.71. The number of hydrogen-bond acceptors (Lipinski definition) is 4. The van der Waals surface area contributed by atoms with Crippen molar-refractivity contribution < 1.29 is 4.79 Å². The average Bonchev–Trinajstić information content (AvgIpc) is 2.76. The van der Waals surface area contributed by atoms with Gasteiger partial charge in [-0.15, -0.1) is 11.3 Å². The first-order chi connectivity index (χ1) is 7.75. The van der Waals surface area contributed by atoms with Crippen LogP contribution >= 0.6 is 11.3 Å². The summed E-state index contributed by atoms with van der Waals surface area (Å²) in [6.07, 6.45) is 3.87. The quantitative estimate of drug-likeness (QED) is 0.833. The highest BCUT2D eigenvalue weighted by molar-refractivity contribution is 7.10. The SMILES string of the molecule is NC(=O)c1csc(CNN2CCCCC2)c1. The maximum atomic E-state index is 10.9. The summed E-state index contributed by atoms with van der Waals surface area (Å²) >= 11 is 1.58. The zero-order chi connectivity index (χ0) is 11.4. The van der Waals surface area contributed by atoms with E-state index >= 15 is 0 Å². The van der Waals surface area contributed by atoms with E-state index in [1.807, 2.05) is 11.4 Å². The molecule has 0 aromatic carbocycles. The minimum Gasteiger partial charge on any atom is -0.366 e. The number of nitrogens with zero attached hydrogens (tertiary/aromatic N) is 1. The van der Waals surface area contributed by atoms with E-state index in [1.54, 1.807) is 11.3 Å². The number of piperidine rings is 1. The van der Waals surface area contributed by atoms with Crippen LogP contribution in [0.25, 0.3) is 0 Å². The third-order valence-electron chi connectivity index (χ3n) is 2.77. The molecule has 1 amide bonds. The zero-order valence-electron chi connectivity index (χ0n) is 9.24. The van der Waals surface area contributed by atoms with E-state index in [4.69, 9.17) is 5.73 Å². The summed E-state index contributed by atoms with van der Waals surface area (Å²) in [4.78, 5) is 12.1. The Morgan fingerprint density at radius 3 is 2.81 bits per heavy atom. The van der Waals surface area contributed by atoms with Gasteiger partial charge in [0, 0.05) is 29.9 Å². The second kappa shape index (κ2) is 5.43. The van der Waals surface area contributed by atoms with Crippen LogP contribution in [0.3, 0.4) is 0 Å². The monoisotopic (exact) mass is 239 g/mol.